The maximum Gasteiger partial charge on any atom is 0.335 e. The third-order valence-electron chi connectivity index (χ3n) is 4.15. The van der Waals surface area contributed by atoms with E-state index >= 15 is 0 Å². The van der Waals surface area contributed by atoms with Gasteiger partial charge in [-0.3, -0.25) is 0 Å². The number of hydrogen-bond acceptors (Lipinski definition) is 2. The fourth-order valence-electron chi connectivity index (χ4n) is 3.01. The van der Waals surface area contributed by atoms with Crippen molar-refractivity contribution in [2.45, 2.75) is 44.8 Å². The highest BCUT2D eigenvalue weighted by Crippen LogP contribution is 2.25. The number of amides is 2. The fraction of sp³-hybridized carbons (Fsp3) is 0.467. The summed E-state index contributed by atoms with van der Waals surface area (Å²) in [6.07, 6.45) is 4.51. The standard InChI is InChI=1S/C15H18N2O3/c18-14(19)10-5-6-11-8-17(9-12(11)7-10)15(20)16-13-3-1-2-4-13/h5-7,13H,1-4,8-9H2,(H,16,20)(H,18,19). The number of nitrogens with zero attached hydrogens (tertiary/aromatic N) is 1. The first-order valence-corrected chi connectivity index (χ1v) is 7.04. The van der Waals surface area contributed by atoms with Gasteiger partial charge in [-0.05, 0) is 36.1 Å². The highest BCUT2D eigenvalue weighted by atomic mass is 16.4. The van der Waals surface area contributed by atoms with Crippen LogP contribution in [0.15, 0.2) is 18.2 Å². The Balaban J connectivity index is 1.66. The first-order chi connectivity index (χ1) is 9.63. The second-order valence-corrected chi connectivity index (χ2v) is 5.58. The van der Waals surface area contributed by atoms with Crippen molar-refractivity contribution in [1.82, 2.24) is 10.2 Å². The smallest absolute Gasteiger partial charge is 0.335 e. The van der Waals surface area contributed by atoms with E-state index in [9.17, 15) is 9.59 Å². The van der Waals surface area contributed by atoms with E-state index < -0.39 is 5.97 Å². The summed E-state index contributed by atoms with van der Waals surface area (Å²) in [5.41, 5.74) is 2.25. The van der Waals surface area contributed by atoms with Gasteiger partial charge in [0.05, 0.1) is 5.56 Å². The van der Waals surface area contributed by atoms with Crippen molar-refractivity contribution in [1.29, 1.82) is 0 Å². The van der Waals surface area contributed by atoms with E-state index in [1.165, 1.54) is 12.8 Å². The molecule has 1 fully saturated rings. The molecular formula is C15H18N2O3. The van der Waals surface area contributed by atoms with Gasteiger partial charge in [0.15, 0.2) is 0 Å². The van der Waals surface area contributed by atoms with Crippen LogP contribution in [0, 0.1) is 0 Å². The summed E-state index contributed by atoms with van der Waals surface area (Å²) in [6, 6.07) is 5.34. The molecule has 0 unspecified atom stereocenters. The molecule has 5 heteroatoms. The van der Waals surface area contributed by atoms with Gasteiger partial charge in [-0.25, -0.2) is 9.59 Å². The fourth-order valence-corrected chi connectivity index (χ4v) is 3.01. The molecule has 2 N–H and O–H groups in total. The quantitative estimate of drug-likeness (QED) is 0.869. The number of benzene rings is 1. The highest BCUT2D eigenvalue weighted by molar-refractivity contribution is 5.88. The second-order valence-electron chi connectivity index (χ2n) is 5.58. The lowest BCUT2D eigenvalue weighted by molar-refractivity contribution is 0.0696. The molecule has 1 aromatic carbocycles. The van der Waals surface area contributed by atoms with Crippen LogP contribution in [0.3, 0.4) is 0 Å². The molecule has 1 heterocycles. The number of carboxylic acids is 1. The van der Waals surface area contributed by atoms with Crippen molar-refractivity contribution in [3.8, 4) is 0 Å². The molecule has 3 rings (SSSR count). The van der Waals surface area contributed by atoms with Crippen LogP contribution in [0.25, 0.3) is 0 Å². The summed E-state index contributed by atoms with van der Waals surface area (Å²) in [6.45, 7) is 1.06. The third kappa shape index (κ3) is 2.48. The molecule has 106 valence electrons. The average Bonchev–Trinajstić information content (AvgIpc) is 3.05. The largest absolute Gasteiger partial charge is 0.478 e. The number of carboxylic acid groups (broad SMARTS) is 1. The summed E-state index contributed by atoms with van der Waals surface area (Å²) < 4.78 is 0. The zero-order valence-electron chi connectivity index (χ0n) is 11.3. The van der Waals surface area contributed by atoms with Crippen LogP contribution in [-0.4, -0.2) is 28.0 Å². The molecule has 0 aromatic heterocycles. The van der Waals surface area contributed by atoms with Crippen molar-refractivity contribution >= 4 is 12.0 Å². The van der Waals surface area contributed by atoms with Gasteiger partial charge in [-0.15, -0.1) is 0 Å². The van der Waals surface area contributed by atoms with E-state index in [1.54, 1.807) is 17.0 Å². The second kappa shape index (κ2) is 5.15. The highest BCUT2D eigenvalue weighted by Gasteiger charge is 2.26. The Morgan fingerprint density at radius 3 is 2.55 bits per heavy atom. The minimum atomic E-state index is -0.929. The topological polar surface area (TPSA) is 69.6 Å². The normalized spacial score (nSPS) is 18.1. The van der Waals surface area contributed by atoms with Crippen molar-refractivity contribution in [2.24, 2.45) is 0 Å². The Hall–Kier alpha value is -2.04. The third-order valence-corrected chi connectivity index (χ3v) is 4.15. The van der Waals surface area contributed by atoms with E-state index in [4.69, 9.17) is 5.11 Å². The SMILES string of the molecule is O=C(O)c1ccc2c(c1)CN(C(=O)NC1CCCC1)C2. The van der Waals surface area contributed by atoms with E-state index in [1.807, 2.05) is 6.07 Å². The van der Waals surface area contributed by atoms with Gasteiger partial charge in [0.25, 0.3) is 0 Å². The summed E-state index contributed by atoms with van der Waals surface area (Å²) in [7, 11) is 0. The number of aromatic carboxylic acids is 1. The summed E-state index contributed by atoms with van der Waals surface area (Å²) in [5.74, 6) is -0.929. The molecule has 5 nitrogen and oxygen atoms in total. The molecule has 1 aliphatic heterocycles. The Morgan fingerprint density at radius 1 is 1.15 bits per heavy atom. The number of hydrogen-bond donors (Lipinski definition) is 2. The van der Waals surface area contributed by atoms with Crippen LogP contribution in [0.2, 0.25) is 0 Å². The monoisotopic (exact) mass is 274 g/mol. The molecule has 2 amide bonds. The van der Waals surface area contributed by atoms with E-state index in [0.717, 1.165) is 24.0 Å². The van der Waals surface area contributed by atoms with E-state index in [0.29, 0.717) is 19.1 Å². The van der Waals surface area contributed by atoms with Crippen LogP contribution in [0.1, 0.15) is 47.2 Å². The van der Waals surface area contributed by atoms with Crippen molar-refractivity contribution in [2.75, 3.05) is 0 Å². The molecule has 1 saturated carbocycles. The van der Waals surface area contributed by atoms with Crippen LogP contribution in [0.5, 0.6) is 0 Å². The number of fused-ring (bicyclic) bond motifs is 1. The first-order valence-electron chi connectivity index (χ1n) is 7.04. The van der Waals surface area contributed by atoms with E-state index in [2.05, 4.69) is 5.32 Å². The van der Waals surface area contributed by atoms with E-state index in [-0.39, 0.29) is 11.6 Å². The minimum Gasteiger partial charge on any atom is -0.478 e. The lowest BCUT2D eigenvalue weighted by Crippen LogP contribution is -2.41. The van der Waals surface area contributed by atoms with Crippen molar-refractivity contribution in [3.63, 3.8) is 0 Å². The van der Waals surface area contributed by atoms with Crippen LogP contribution in [-0.2, 0) is 13.1 Å². The van der Waals surface area contributed by atoms with Gasteiger partial charge >= 0.3 is 12.0 Å². The van der Waals surface area contributed by atoms with Gasteiger partial charge in [-0.2, -0.15) is 0 Å². The Bertz CT molecular complexity index is 550. The predicted molar refractivity (Wildman–Crippen MR) is 73.4 cm³/mol. The molecule has 0 radical (unpaired) electrons. The number of urea groups is 1. The zero-order chi connectivity index (χ0) is 14.1. The molecule has 20 heavy (non-hydrogen) atoms. The number of carbonyl (C=O) groups is 2. The Morgan fingerprint density at radius 2 is 1.85 bits per heavy atom. The minimum absolute atomic E-state index is 0.0371. The Kier molecular flexibility index (Phi) is 3.34. The van der Waals surface area contributed by atoms with Gasteiger partial charge in [0.2, 0.25) is 0 Å². The zero-order valence-corrected chi connectivity index (χ0v) is 11.3. The maximum atomic E-state index is 12.2. The average molecular weight is 274 g/mol. The molecule has 0 atom stereocenters. The van der Waals surface area contributed by atoms with Gasteiger partial charge < -0.3 is 15.3 Å². The molecule has 2 aliphatic rings. The van der Waals surface area contributed by atoms with Gasteiger partial charge in [0.1, 0.15) is 0 Å². The number of rotatable bonds is 2. The molecule has 0 saturated heterocycles. The molecular weight excluding hydrogens is 256 g/mol. The van der Waals surface area contributed by atoms with Crippen LogP contribution in [0.4, 0.5) is 4.79 Å². The predicted octanol–water partition coefficient (Wildman–Crippen LogP) is 2.35. The molecule has 1 aromatic rings. The van der Waals surface area contributed by atoms with Gasteiger partial charge in [0, 0.05) is 19.1 Å². The summed E-state index contributed by atoms with van der Waals surface area (Å²) in [5, 5.41) is 12.1. The number of carbonyl (C=O) groups excluding carboxylic acids is 1. The van der Waals surface area contributed by atoms with Crippen molar-refractivity contribution in [3.05, 3.63) is 34.9 Å². The summed E-state index contributed by atoms with van der Waals surface area (Å²) in [4.78, 5) is 24.9. The Labute approximate surface area is 117 Å². The van der Waals surface area contributed by atoms with Crippen LogP contribution < -0.4 is 5.32 Å². The lowest BCUT2D eigenvalue weighted by Gasteiger charge is -2.19. The van der Waals surface area contributed by atoms with Crippen LogP contribution >= 0.6 is 0 Å². The molecule has 0 bridgehead atoms. The van der Waals surface area contributed by atoms with Gasteiger partial charge in [-0.1, -0.05) is 18.9 Å². The first kappa shape index (κ1) is 13.0. The number of nitrogens with one attached hydrogen (secondary N) is 1. The summed E-state index contributed by atoms with van der Waals surface area (Å²) >= 11 is 0. The maximum absolute atomic E-state index is 12.2. The molecule has 1 aliphatic carbocycles. The van der Waals surface area contributed by atoms with Crippen molar-refractivity contribution < 1.29 is 14.7 Å². The molecule has 0 spiro atoms. The lowest BCUT2D eigenvalue weighted by atomic mass is 10.1.